The number of aliphatic hydroxyl groups excluding tert-OH is 2. The Kier molecular flexibility index (Phi) is 17.1. The zero-order chi connectivity index (χ0) is 48.0. The van der Waals surface area contributed by atoms with Crippen LogP contribution in [-0.2, 0) is 27.5 Å². The van der Waals surface area contributed by atoms with Crippen LogP contribution < -0.4 is 24.3 Å². The highest BCUT2D eigenvalue weighted by atomic mass is 19.1. The van der Waals surface area contributed by atoms with Crippen LogP contribution in [0.25, 0.3) is 0 Å². The van der Waals surface area contributed by atoms with Gasteiger partial charge in [0.2, 0.25) is 5.79 Å². The SMILES string of the molecule is C=CCO[C@@]12Oc3ccc(OC(=O)Nc4ccc(OC)cc4OC)cc3[C@H]3[C@H](CCCCO)[C@@H](CCCCO)C=C(C(=NOCc4ccccc4)C[C@@H]1N(Cc1ccc(F)cc1)C(=O)OCC)[C@H]32. The van der Waals surface area contributed by atoms with Gasteiger partial charge in [0, 0.05) is 43.7 Å². The first-order valence-electron chi connectivity index (χ1n) is 23.3. The molecule has 3 aliphatic rings. The number of ether oxygens (including phenoxy) is 6. The van der Waals surface area contributed by atoms with E-state index in [1.807, 2.05) is 36.4 Å². The summed E-state index contributed by atoms with van der Waals surface area (Å²) in [5, 5.41) is 27.7. The predicted octanol–water partition coefficient (Wildman–Crippen LogP) is 9.95. The molecule has 3 N–H and O–H groups in total. The summed E-state index contributed by atoms with van der Waals surface area (Å²) in [7, 11) is 3.03. The Balaban J connectivity index is 1.41. The Morgan fingerprint density at radius 1 is 0.926 bits per heavy atom. The number of benzene rings is 4. The Labute approximate surface area is 397 Å². The molecule has 1 fully saturated rings. The third-order valence-corrected chi connectivity index (χ3v) is 12.9. The number of hydrogen-bond donors (Lipinski definition) is 3. The maximum atomic E-state index is 14.5. The van der Waals surface area contributed by atoms with Crippen LogP contribution in [0.4, 0.5) is 19.7 Å². The van der Waals surface area contributed by atoms with Gasteiger partial charge in [-0.1, -0.05) is 72.6 Å². The summed E-state index contributed by atoms with van der Waals surface area (Å²) < 4.78 is 51.3. The van der Waals surface area contributed by atoms with Gasteiger partial charge in [-0.3, -0.25) is 10.2 Å². The summed E-state index contributed by atoms with van der Waals surface area (Å²) in [6.45, 7) is 6.12. The number of fused-ring (bicyclic) bond motifs is 2. The minimum Gasteiger partial charge on any atom is -0.497 e. The third-order valence-electron chi connectivity index (χ3n) is 12.9. The molecule has 0 spiro atoms. The van der Waals surface area contributed by atoms with E-state index in [0.29, 0.717) is 59.9 Å². The molecule has 1 heterocycles. The Morgan fingerprint density at radius 2 is 1.68 bits per heavy atom. The van der Waals surface area contributed by atoms with Crippen LogP contribution in [-0.4, -0.2) is 85.5 Å². The van der Waals surface area contributed by atoms with Crippen LogP contribution in [0.5, 0.6) is 23.0 Å². The van der Waals surface area contributed by atoms with Gasteiger partial charge in [-0.2, -0.15) is 0 Å². The number of allylic oxidation sites excluding steroid dienone is 1. The molecule has 2 amide bonds. The van der Waals surface area contributed by atoms with Crippen LogP contribution in [0.3, 0.4) is 0 Å². The number of halogens is 1. The second kappa shape index (κ2) is 23.5. The smallest absolute Gasteiger partial charge is 0.417 e. The first-order chi connectivity index (χ1) is 33.2. The lowest BCUT2D eigenvalue weighted by molar-refractivity contribution is -0.256. The summed E-state index contributed by atoms with van der Waals surface area (Å²) in [5.41, 5.74) is 4.09. The number of amides is 2. The van der Waals surface area contributed by atoms with E-state index >= 15 is 0 Å². The second-order valence-corrected chi connectivity index (χ2v) is 17.1. The third kappa shape index (κ3) is 11.3. The van der Waals surface area contributed by atoms with Gasteiger partial charge in [-0.05, 0) is 104 Å². The van der Waals surface area contributed by atoms with Gasteiger partial charge in [0.25, 0.3) is 0 Å². The Morgan fingerprint density at radius 3 is 2.38 bits per heavy atom. The fourth-order valence-corrected chi connectivity index (χ4v) is 9.91. The average molecular weight is 936 g/mol. The van der Waals surface area contributed by atoms with Crippen molar-refractivity contribution in [2.24, 2.45) is 22.9 Å². The topological polar surface area (TPSA) is 167 Å². The lowest BCUT2D eigenvalue weighted by atomic mass is 9.55. The second-order valence-electron chi connectivity index (χ2n) is 17.1. The molecule has 0 bridgehead atoms. The molecule has 0 unspecified atom stereocenters. The normalized spacial score (nSPS) is 21.8. The number of carbonyl (C=O) groups is 2. The first kappa shape index (κ1) is 49.5. The average Bonchev–Trinajstić information content (AvgIpc) is 3.35. The van der Waals surface area contributed by atoms with Crippen molar-refractivity contribution in [3.05, 3.63) is 138 Å². The van der Waals surface area contributed by atoms with Gasteiger partial charge >= 0.3 is 12.2 Å². The predicted molar refractivity (Wildman–Crippen MR) is 254 cm³/mol. The van der Waals surface area contributed by atoms with E-state index < -0.39 is 41.7 Å². The molecule has 362 valence electrons. The van der Waals surface area contributed by atoms with Crippen molar-refractivity contribution in [3.8, 4) is 23.0 Å². The molecule has 1 aliphatic heterocycles. The maximum Gasteiger partial charge on any atom is 0.417 e. The van der Waals surface area contributed by atoms with Crippen LogP contribution in [0.1, 0.15) is 74.5 Å². The van der Waals surface area contributed by atoms with Crippen molar-refractivity contribution in [3.63, 3.8) is 0 Å². The fraction of sp³-hybridized carbons (Fsp3) is 0.415. The van der Waals surface area contributed by atoms with E-state index in [-0.39, 0.29) is 63.6 Å². The monoisotopic (exact) mass is 935 g/mol. The number of oxime groups is 1. The summed E-state index contributed by atoms with van der Waals surface area (Å²) >= 11 is 0. The number of nitrogens with zero attached hydrogens (tertiary/aromatic N) is 2. The molecule has 1 saturated carbocycles. The van der Waals surface area contributed by atoms with Crippen molar-refractivity contribution in [2.75, 3.05) is 46.0 Å². The van der Waals surface area contributed by atoms with Crippen LogP contribution in [0.2, 0.25) is 0 Å². The van der Waals surface area contributed by atoms with Crippen molar-refractivity contribution in [1.29, 1.82) is 0 Å². The minimum absolute atomic E-state index is 0.0123. The summed E-state index contributed by atoms with van der Waals surface area (Å²) in [5.74, 6) is -1.60. The zero-order valence-corrected chi connectivity index (χ0v) is 38.9. The molecule has 0 radical (unpaired) electrons. The quantitative estimate of drug-likeness (QED) is 0.0390. The molecule has 2 aliphatic carbocycles. The molecule has 7 rings (SSSR count). The number of hydrogen-bond acceptors (Lipinski definition) is 12. The van der Waals surface area contributed by atoms with Crippen molar-refractivity contribution in [1.82, 2.24) is 4.90 Å². The van der Waals surface area contributed by atoms with E-state index in [9.17, 15) is 24.2 Å². The molecule has 6 atom stereocenters. The molecule has 0 saturated heterocycles. The number of carbonyl (C=O) groups excluding carboxylic acids is 2. The fourth-order valence-electron chi connectivity index (χ4n) is 9.91. The minimum atomic E-state index is -1.60. The molecule has 68 heavy (non-hydrogen) atoms. The number of methoxy groups -OCH3 is 2. The van der Waals surface area contributed by atoms with Gasteiger partial charge in [0.05, 0.1) is 44.8 Å². The highest BCUT2D eigenvalue weighted by Gasteiger charge is 2.65. The van der Waals surface area contributed by atoms with E-state index in [4.69, 9.17) is 38.4 Å². The molecular weight excluding hydrogens is 874 g/mol. The van der Waals surface area contributed by atoms with Gasteiger partial charge in [0.15, 0.2) is 0 Å². The number of anilines is 1. The van der Waals surface area contributed by atoms with Crippen molar-refractivity contribution < 1.29 is 57.5 Å². The molecule has 14 nitrogen and oxygen atoms in total. The summed E-state index contributed by atoms with van der Waals surface area (Å²) in [6.07, 6.45) is 6.65. The van der Waals surface area contributed by atoms with E-state index in [0.717, 1.165) is 29.5 Å². The van der Waals surface area contributed by atoms with Crippen LogP contribution in [0.15, 0.2) is 120 Å². The van der Waals surface area contributed by atoms with Crippen molar-refractivity contribution in [2.45, 2.75) is 82.8 Å². The van der Waals surface area contributed by atoms with E-state index in [1.165, 1.54) is 26.4 Å². The van der Waals surface area contributed by atoms with E-state index in [1.54, 1.807) is 60.4 Å². The Bertz CT molecular complexity index is 2400. The zero-order valence-electron chi connectivity index (χ0n) is 38.9. The number of aliphatic hydroxyl groups is 2. The Hall–Kier alpha value is -6.42. The highest BCUT2D eigenvalue weighted by Crippen LogP contribution is 2.62. The lowest BCUT2D eigenvalue weighted by Crippen LogP contribution is -2.70. The van der Waals surface area contributed by atoms with Gasteiger partial charge < -0.3 is 43.5 Å². The molecule has 0 aromatic heterocycles. The van der Waals surface area contributed by atoms with Gasteiger partial charge in [0.1, 0.15) is 41.5 Å². The summed E-state index contributed by atoms with van der Waals surface area (Å²) in [6, 6.07) is 25.0. The highest BCUT2D eigenvalue weighted by molar-refractivity contribution is 6.03. The number of rotatable bonds is 22. The molecule has 15 heteroatoms. The van der Waals surface area contributed by atoms with Crippen molar-refractivity contribution >= 4 is 23.6 Å². The summed E-state index contributed by atoms with van der Waals surface area (Å²) in [4.78, 5) is 35.9. The lowest BCUT2D eigenvalue weighted by Gasteiger charge is -2.59. The first-order valence-corrected chi connectivity index (χ1v) is 23.3. The number of unbranched alkanes of at least 4 members (excludes halogenated alkanes) is 2. The number of nitrogens with one attached hydrogen (secondary N) is 1. The molecular formula is C53H62FN3O11. The largest absolute Gasteiger partial charge is 0.497 e. The van der Waals surface area contributed by atoms with E-state index in [2.05, 4.69) is 18.0 Å². The molecule has 4 aromatic rings. The maximum absolute atomic E-state index is 14.5. The van der Waals surface area contributed by atoms with Gasteiger partial charge in [-0.25, -0.2) is 14.0 Å². The van der Waals surface area contributed by atoms with Gasteiger partial charge in [-0.15, -0.1) is 6.58 Å². The standard InChI is InChI=1S/C53H62FN3O11/c1-5-28-65-53-48(57(52(61)64-6-2)33-35-18-20-38(54)21-19-35)32-45(56-66-34-36-14-8-7-9-15-36)42-29-37(16-10-12-26-58)41(17-11-13-27-59)49(50(42)53)43-30-40(23-25-46(43)68-53)67-51(60)55-44-24-22-39(62-3)31-47(44)63-4/h5,7-9,14-15,18-25,29-31,37,41,48-50,58-59H,1,6,10-13,16-17,26-28,32-34H2,2-4H3,(H,55,60)/t37-,41+,48-,49+,50+,53+/m0/s1. The van der Waals surface area contributed by atoms with Crippen LogP contribution >= 0.6 is 0 Å². The van der Waals surface area contributed by atoms with Crippen LogP contribution in [0, 0.1) is 23.6 Å². The molecule has 4 aromatic carbocycles.